The van der Waals surface area contributed by atoms with E-state index in [4.69, 9.17) is 0 Å². The maximum Gasteiger partial charge on any atom is 0.0801 e. The molecule has 1 aromatic rings. The molecular weight excluding hydrogens is 154 g/mol. The van der Waals surface area contributed by atoms with Crippen molar-refractivity contribution >= 4 is 16.9 Å². The summed E-state index contributed by atoms with van der Waals surface area (Å²) >= 11 is 1.64. The molecule has 11 heavy (non-hydrogen) atoms. The molecule has 2 heteroatoms. The van der Waals surface area contributed by atoms with Gasteiger partial charge in [0.05, 0.1) is 16.1 Å². The molecule has 0 aliphatic carbocycles. The molecule has 0 saturated heterocycles. The lowest BCUT2D eigenvalue weighted by Crippen LogP contribution is -1.77. The topological polar surface area (TPSA) is 12.9 Å². The van der Waals surface area contributed by atoms with Crippen LogP contribution in [-0.2, 0) is 0 Å². The van der Waals surface area contributed by atoms with Gasteiger partial charge in [-0.05, 0) is 19.4 Å². The Morgan fingerprint density at radius 1 is 1.73 bits per heavy atom. The molecule has 0 aromatic carbocycles. The predicted octanol–water partition coefficient (Wildman–Crippen LogP) is 3.04. The van der Waals surface area contributed by atoms with Crippen molar-refractivity contribution < 1.29 is 0 Å². The molecule has 0 aliphatic rings. The van der Waals surface area contributed by atoms with Gasteiger partial charge in [-0.1, -0.05) is 18.7 Å². The Balaban J connectivity index is 2.93. The number of aromatic nitrogens is 1. The maximum atomic E-state index is 4.14. The van der Waals surface area contributed by atoms with E-state index in [1.165, 1.54) is 4.88 Å². The molecule has 58 valence electrons. The number of nitrogens with zero attached hydrogens (tertiary/aromatic N) is 1. The fourth-order valence-corrected chi connectivity index (χ4v) is 1.65. The summed E-state index contributed by atoms with van der Waals surface area (Å²) in [7, 11) is 0. The molecule has 0 fully saturated rings. The predicted molar refractivity (Wildman–Crippen MR) is 50.7 cm³/mol. The molecule has 1 nitrogen and oxygen atoms in total. The Morgan fingerprint density at radius 2 is 2.45 bits per heavy atom. The van der Waals surface area contributed by atoms with Crippen molar-refractivity contribution in [3.8, 4) is 0 Å². The Kier molecular flexibility index (Phi) is 2.60. The van der Waals surface area contributed by atoms with Gasteiger partial charge in [-0.15, -0.1) is 11.3 Å². The summed E-state index contributed by atoms with van der Waals surface area (Å²) in [5, 5.41) is 0. The lowest BCUT2D eigenvalue weighted by atomic mass is 10.2. The summed E-state index contributed by atoms with van der Waals surface area (Å²) in [5.41, 5.74) is 3.96. The average Bonchev–Trinajstić information content (AvgIpc) is 2.36. The largest absolute Gasteiger partial charge is 0.249 e. The van der Waals surface area contributed by atoms with Crippen LogP contribution in [0.1, 0.15) is 17.5 Å². The Hall–Kier alpha value is -0.890. The second-order valence-electron chi connectivity index (χ2n) is 2.29. The van der Waals surface area contributed by atoms with Crippen LogP contribution in [0.2, 0.25) is 0 Å². The minimum atomic E-state index is 1.05. The molecule has 0 N–H and O–H groups in total. The first-order chi connectivity index (χ1) is 5.25. The highest BCUT2D eigenvalue weighted by Crippen LogP contribution is 2.21. The summed E-state index contributed by atoms with van der Waals surface area (Å²) in [6.45, 7) is 7.92. The highest BCUT2D eigenvalue weighted by Gasteiger charge is 2.01. The zero-order valence-corrected chi connectivity index (χ0v) is 7.61. The van der Waals surface area contributed by atoms with E-state index in [-0.39, 0.29) is 0 Å². The molecule has 1 aromatic heterocycles. The monoisotopic (exact) mass is 165 g/mol. The Morgan fingerprint density at radius 3 is 2.91 bits per heavy atom. The SMILES string of the molecule is C=C(/C=C\C)c1scnc1C. The molecule has 0 aliphatic heterocycles. The number of rotatable bonds is 2. The third-order valence-corrected chi connectivity index (χ3v) is 2.41. The van der Waals surface area contributed by atoms with Crippen LogP contribution in [0, 0.1) is 6.92 Å². The van der Waals surface area contributed by atoms with Crippen LogP contribution in [0.5, 0.6) is 0 Å². The molecule has 0 amide bonds. The van der Waals surface area contributed by atoms with E-state index in [0.29, 0.717) is 0 Å². The van der Waals surface area contributed by atoms with Gasteiger partial charge < -0.3 is 0 Å². The first-order valence-corrected chi connectivity index (χ1v) is 4.35. The second-order valence-corrected chi connectivity index (χ2v) is 3.15. The molecule has 0 unspecified atom stereocenters. The molecule has 1 rings (SSSR count). The summed E-state index contributed by atoms with van der Waals surface area (Å²) in [5.74, 6) is 0. The van der Waals surface area contributed by atoms with Gasteiger partial charge in [0.25, 0.3) is 0 Å². The van der Waals surface area contributed by atoms with E-state index in [1.54, 1.807) is 11.3 Å². The lowest BCUT2D eigenvalue weighted by Gasteiger charge is -1.94. The summed E-state index contributed by atoms with van der Waals surface area (Å²) in [6, 6.07) is 0. The Labute approximate surface area is 71.1 Å². The van der Waals surface area contributed by atoms with Crippen LogP contribution in [0.25, 0.3) is 5.57 Å². The van der Waals surface area contributed by atoms with Crippen LogP contribution in [0.4, 0.5) is 0 Å². The molecule has 1 heterocycles. The Bertz CT molecular complexity index is 284. The van der Waals surface area contributed by atoms with Gasteiger partial charge >= 0.3 is 0 Å². The van der Waals surface area contributed by atoms with Crippen molar-refractivity contribution in [2.24, 2.45) is 0 Å². The number of thiazole rings is 1. The minimum absolute atomic E-state index is 1.05. The normalized spacial score (nSPS) is 10.7. The molecule has 0 bridgehead atoms. The smallest absolute Gasteiger partial charge is 0.0801 e. The summed E-state index contributed by atoms with van der Waals surface area (Å²) < 4.78 is 0. The number of hydrogen-bond donors (Lipinski definition) is 0. The van der Waals surface area contributed by atoms with E-state index < -0.39 is 0 Å². The quantitative estimate of drug-likeness (QED) is 0.614. The minimum Gasteiger partial charge on any atom is -0.249 e. The van der Waals surface area contributed by atoms with Gasteiger partial charge in [-0.2, -0.15) is 0 Å². The van der Waals surface area contributed by atoms with Crippen molar-refractivity contribution in [3.63, 3.8) is 0 Å². The van der Waals surface area contributed by atoms with Crippen molar-refractivity contribution in [1.29, 1.82) is 0 Å². The van der Waals surface area contributed by atoms with E-state index in [1.807, 2.05) is 31.5 Å². The summed E-state index contributed by atoms with van der Waals surface area (Å²) in [4.78, 5) is 5.33. The van der Waals surface area contributed by atoms with E-state index in [2.05, 4.69) is 11.6 Å². The van der Waals surface area contributed by atoms with Crippen molar-refractivity contribution in [3.05, 3.63) is 34.8 Å². The molecule has 0 saturated carbocycles. The third kappa shape index (κ3) is 1.77. The first kappa shape index (κ1) is 8.21. The highest BCUT2D eigenvalue weighted by atomic mass is 32.1. The van der Waals surface area contributed by atoms with Crippen LogP contribution in [0.15, 0.2) is 24.2 Å². The fraction of sp³-hybridized carbons (Fsp3) is 0.222. The number of hydrogen-bond acceptors (Lipinski definition) is 2. The third-order valence-electron chi connectivity index (χ3n) is 1.41. The number of allylic oxidation sites excluding steroid dienone is 3. The van der Waals surface area contributed by atoms with Gasteiger partial charge in [0, 0.05) is 0 Å². The van der Waals surface area contributed by atoms with Gasteiger partial charge in [-0.25, -0.2) is 4.98 Å². The van der Waals surface area contributed by atoms with Gasteiger partial charge in [0.15, 0.2) is 0 Å². The lowest BCUT2D eigenvalue weighted by molar-refractivity contribution is 1.26. The van der Waals surface area contributed by atoms with Gasteiger partial charge in [0.1, 0.15) is 0 Å². The van der Waals surface area contributed by atoms with Crippen LogP contribution in [0.3, 0.4) is 0 Å². The number of aryl methyl sites for hydroxylation is 1. The van der Waals surface area contributed by atoms with Crippen LogP contribution < -0.4 is 0 Å². The first-order valence-electron chi connectivity index (χ1n) is 3.47. The standard InChI is InChI=1S/C9H11NS/c1-4-5-7(2)9-8(3)10-6-11-9/h4-6H,2H2,1,3H3/b5-4-. The molecule has 0 spiro atoms. The van der Waals surface area contributed by atoms with Crippen molar-refractivity contribution in [1.82, 2.24) is 4.98 Å². The van der Waals surface area contributed by atoms with Crippen molar-refractivity contribution in [2.45, 2.75) is 13.8 Å². The van der Waals surface area contributed by atoms with E-state index in [9.17, 15) is 0 Å². The van der Waals surface area contributed by atoms with Gasteiger partial charge in [0.2, 0.25) is 0 Å². The van der Waals surface area contributed by atoms with Crippen LogP contribution >= 0.6 is 11.3 Å². The summed E-state index contributed by atoms with van der Waals surface area (Å²) in [6.07, 6.45) is 3.99. The molecular formula is C9H11NS. The molecule has 0 radical (unpaired) electrons. The fourth-order valence-electron chi connectivity index (χ4n) is 0.887. The average molecular weight is 165 g/mol. The van der Waals surface area contributed by atoms with E-state index >= 15 is 0 Å². The van der Waals surface area contributed by atoms with E-state index in [0.717, 1.165) is 11.3 Å². The zero-order valence-electron chi connectivity index (χ0n) is 6.79. The maximum absolute atomic E-state index is 4.14. The zero-order chi connectivity index (χ0) is 8.27. The highest BCUT2D eigenvalue weighted by molar-refractivity contribution is 7.11. The second kappa shape index (κ2) is 3.49. The van der Waals surface area contributed by atoms with Gasteiger partial charge in [-0.3, -0.25) is 0 Å². The molecule has 0 atom stereocenters. The van der Waals surface area contributed by atoms with Crippen LogP contribution in [-0.4, -0.2) is 4.98 Å². The van der Waals surface area contributed by atoms with Crippen molar-refractivity contribution in [2.75, 3.05) is 0 Å².